The second kappa shape index (κ2) is 7.46. The Hall–Kier alpha value is -1.97. The van der Waals surface area contributed by atoms with Crippen LogP contribution < -0.4 is 15.8 Å². The molecule has 0 spiro atoms. The van der Waals surface area contributed by atoms with Crippen LogP contribution in [0.25, 0.3) is 0 Å². The molecule has 9 nitrogen and oxygen atoms in total. The predicted molar refractivity (Wildman–Crippen MR) is 102 cm³/mol. The Balaban J connectivity index is 1.39. The number of fused-ring (bicyclic) bond motifs is 1. The lowest BCUT2D eigenvalue weighted by Crippen LogP contribution is -2.33. The van der Waals surface area contributed by atoms with E-state index in [0.717, 1.165) is 10.0 Å². The fourth-order valence-corrected chi connectivity index (χ4v) is 4.42. The van der Waals surface area contributed by atoms with E-state index in [1.54, 1.807) is 31.2 Å². The molecule has 0 aliphatic carbocycles. The van der Waals surface area contributed by atoms with Gasteiger partial charge in [-0.1, -0.05) is 22.0 Å². The van der Waals surface area contributed by atoms with Crippen LogP contribution >= 0.6 is 23.8 Å². The lowest BCUT2D eigenvalue weighted by Gasteiger charge is -2.25. The van der Waals surface area contributed by atoms with Crippen molar-refractivity contribution in [3.05, 3.63) is 73.0 Å². The van der Waals surface area contributed by atoms with Crippen LogP contribution in [0.15, 0.2) is 50.6 Å². The molecule has 28 heavy (non-hydrogen) atoms. The van der Waals surface area contributed by atoms with E-state index in [-0.39, 0.29) is 13.2 Å². The number of hydrogen-bond acceptors (Lipinski definition) is 7. The largest absolute Gasteiger partial charge is 0.530 e. The Kier molecular flexibility index (Phi) is 5.15. The van der Waals surface area contributed by atoms with Crippen molar-refractivity contribution in [3.63, 3.8) is 0 Å². The molecule has 1 aromatic heterocycles. The number of aromatic amines is 1. The smallest absolute Gasteiger partial charge is 0.404 e. The first-order valence-electron chi connectivity index (χ1n) is 8.36. The number of benzene rings is 1. The van der Waals surface area contributed by atoms with Crippen molar-refractivity contribution in [3.8, 4) is 5.75 Å². The van der Waals surface area contributed by atoms with Gasteiger partial charge in [-0.2, -0.15) is 0 Å². The van der Waals surface area contributed by atoms with Crippen molar-refractivity contribution in [2.24, 2.45) is 0 Å². The van der Waals surface area contributed by atoms with E-state index in [0.29, 0.717) is 11.3 Å². The molecule has 0 fully saturated rings. The highest BCUT2D eigenvalue weighted by molar-refractivity contribution is 9.10. The van der Waals surface area contributed by atoms with Crippen LogP contribution in [0.5, 0.6) is 5.75 Å². The normalized spacial score (nSPS) is 26.1. The van der Waals surface area contributed by atoms with E-state index >= 15 is 0 Å². The molecule has 4 rings (SSSR count). The van der Waals surface area contributed by atoms with Gasteiger partial charge in [-0.3, -0.25) is 23.4 Å². The lowest BCUT2D eigenvalue weighted by atomic mass is 10.2. The van der Waals surface area contributed by atoms with Crippen molar-refractivity contribution in [2.45, 2.75) is 25.9 Å². The van der Waals surface area contributed by atoms with Gasteiger partial charge in [0.15, 0.2) is 6.23 Å². The number of aryl methyl sites for hydroxylation is 1. The quantitative estimate of drug-likeness (QED) is 0.540. The van der Waals surface area contributed by atoms with Crippen molar-refractivity contribution in [1.82, 2.24) is 9.55 Å². The van der Waals surface area contributed by atoms with E-state index < -0.39 is 31.4 Å². The SMILES string of the molecule is Cc1cn([C@H]2C=C[C@@H](COP3(=O)OCc4cc(Br)ccc4O3)O2)c(=O)[nH]c1=O. The molecule has 3 atom stereocenters. The van der Waals surface area contributed by atoms with Gasteiger partial charge < -0.3 is 9.26 Å². The van der Waals surface area contributed by atoms with Crippen LogP contribution in [0, 0.1) is 6.92 Å². The Morgan fingerprint density at radius 3 is 3.00 bits per heavy atom. The lowest BCUT2D eigenvalue weighted by molar-refractivity contribution is -0.0130. The maximum Gasteiger partial charge on any atom is 0.530 e. The van der Waals surface area contributed by atoms with Crippen molar-refractivity contribution in [2.75, 3.05) is 6.61 Å². The van der Waals surface area contributed by atoms with E-state index in [2.05, 4.69) is 20.9 Å². The number of phosphoric acid groups is 1. The van der Waals surface area contributed by atoms with Crippen LogP contribution in [-0.4, -0.2) is 22.3 Å². The highest BCUT2D eigenvalue weighted by atomic mass is 79.9. The minimum atomic E-state index is -3.77. The minimum Gasteiger partial charge on any atom is -0.404 e. The summed E-state index contributed by atoms with van der Waals surface area (Å²) < 4.78 is 36.6. The van der Waals surface area contributed by atoms with Crippen LogP contribution in [0.1, 0.15) is 17.4 Å². The Morgan fingerprint density at radius 1 is 1.36 bits per heavy atom. The molecule has 2 aromatic rings. The molecule has 0 amide bonds. The zero-order valence-electron chi connectivity index (χ0n) is 14.7. The molecule has 148 valence electrons. The van der Waals surface area contributed by atoms with Gasteiger partial charge in [0.2, 0.25) is 0 Å². The van der Waals surface area contributed by atoms with Crippen molar-refractivity contribution in [1.29, 1.82) is 0 Å². The second-order valence-electron chi connectivity index (χ2n) is 6.29. The summed E-state index contributed by atoms with van der Waals surface area (Å²) >= 11 is 3.35. The third kappa shape index (κ3) is 3.92. The van der Waals surface area contributed by atoms with Gasteiger partial charge in [-0.25, -0.2) is 9.36 Å². The third-order valence-corrected chi connectivity index (χ3v) is 6.06. The molecule has 11 heteroatoms. The molecule has 0 bridgehead atoms. The van der Waals surface area contributed by atoms with E-state index in [1.807, 2.05) is 6.07 Å². The van der Waals surface area contributed by atoms with E-state index in [1.165, 1.54) is 10.8 Å². The number of nitrogens with one attached hydrogen (secondary N) is 1. The Bertz CT molecular complexity index is 1110. The van der Waals surface area contributed by atoms with Crippen molar-refractivity contribution < 1.29 is 22.9 Å². The summed E-state index contributed by atoms with van der Waals surface area (Å²) in [5.41, 5.74) is 0.117. The standard InChI is InChI=1S/C17H16BrN2O7P/c1-10-7-20(17(22)19-16(10)21)15-5-3-13(26-15)9-25-28(23)24-8-11-6-12(18)2-4-14(11)27-28/h2-7,13,15H,8-9H2,1H3,(H,19,21,22)/t13-,15+,28?/m0/s1. The Morgan fingerprint density at radius 2 is 2.18 bits per heavy atom. The predicted octanol–water partition coefficient (Wildman–Crippen LogP) is 2.80. The topological polar surface area (TPSA) is 109 Å². The van der Waals surface area contributed by atoms with Crippen LogP contribution in [0.2, 0.25) is 0 Å². The van der Waals surface area contributed by atoms with E-state index in [9.17, 15) is 14.2 Å². The molecule has 1 unspecified atom stereocenters. The molecular weight excluding hydrogens is 455 g/mol. The first kappa shape index (κ1) is 19.4. The molecule has 3 heterocycles. The summed E-state index contributed by atoms with van der Waals surface area (Å²) in [4.78, 5) is 25.7. The fraction of sp³-hybridized carbons (Fsp3) is 0.294. The highest BCUT2D eigenvalue weighted by Crippen LogP contribution is 2.54. The van der Waals surface area contributed by atoms with Crippen LogP contribution in [0.3, 0.4) is 0 Å². The number of ether oxygens (including phenoxy) is 1. The highest BCUT2D eigenvalue weighted by Gasteiger charge is 2.36. The molecule has 0 saturated heterocycles. The number of rotatable bonds is 4. The number of nitrogens with zero attached hydrogens (tertiary/aromatic N) is 1. The number of H-pyrrole nitrogens is 1. The number of aromatic nitrogens is 2. The zero-order chi connectivity index (χ0) is 19.9. The molecule has 0 saturated carbocycles. The van der Waals surface area contributed by atoms with Crippen LogP contribution in [-0.2, 0) is 25.0 Å². The monoisotopic (exact) mass is 470 g/mol. The first-order valence-corrected chi connectivity index (χ1v) is 10.6. The summed E-state index contributed by atoms with van der Waals surface area (Å²) in [7, 11) is -3.77. The summed E-state index contributed by atoms with van der Waals surface area (Å²) in [6, 6.07) is 5.27. The number of phosphoric ester groups is 1. The van der Waals surface area contributed by atoms with Crippen LogP contribution in [0.4, 0.5) is 0 Å². The maximum absolute atomic E-state index is 12.7. The van der Waals surface area contributed by atoms with Gasteiger partial charge in [0.25, 0.3) is 5.56 Å². The van der Waals surface area contributed by atoms with Gasteiger partial charge in [-0.15, -0.1) is 0 Å². The van der Waals surface area contributed by atoms with Crippen molar-refractivity contribution >= 4 is 23.8 Å². The molecular formula is C17H16BrN2O7P. The molecule has 2 aliphatic rings. The number of halogens is 1. The second-order valence-corrected chi connectivity index (χ2v) is 8.80. The summed E-state index contributed by atoms with van der Waals surface area (Å²) in [5, 5.41) is 0. The van der Waals surface area contributed by atoms with Gasteiger partial charge in [0, 0.05) is 21.8 Å². The van der Waals surface area contributed by atoms with Gasteiger partial charge >= 0.3 is 13.5 Å². The summed E-state index contributed by atoms with van der Waals surface area (Å²) in [6.45, 7) is 1.60. The van der Waals surface area contributed by atoms with E-state index in [4.69, 9.17) is 18.3 Å². The number of hydrogen-bond donors (Lipinski definition) is 1. The van der Waals surface area contributed by atoms with Gasteiger partial charge in [0.1, 0.15) is 11.9 Å². The molecule has 1 aromatic carbocycles. The maximum atomic E-state index is 12.7. The molecule has 2 aliphatic heterocycles. The van der Waals surface area contributed by atoms with Gasteiger partial charge in [0.05, 0.1) is 13.2 Å². The third-order valence-electron chi connectivity index (χ3n) is 4.23. The summed E-state index contributed by atoms with van der Waals surface area (Å²) in [6.07, 6.45) is 3.48. The Labute approximate surface area is 167 Å². The van der Waals surface area contributed by atoms with Gasteiger partial charge in [-0.05, 0) is 31.2 Å². The minimum absolute atomic E-state index is 0.0901. The molecule has 1 N–H and O–H groups in total. The zero-order valence-corrected chi connectivity index (χ0v) is 17.1. The molecule has 0 radical (unpaired) electrons. The first-order chi connectivity index (χ1) is 13.3. The average Bonchev–Trinajstić information content (AvgIpc) is 3.12. The fourth-order valence-electron chi connectivity index (χ4n) is 2.79. The average molecular weight is 471 g/mol. The summed E-state index contributed by atoms with van der Waals surface area (Å²) in [5.74, 6) is 0.439.